The number of hydrogen-bond donors (Lipinski definition) is 1. The Balaban J connectivity index is 2.18. The van der Waals surface area contributed by atoms with E-state index < -0.39 is 17.5 Å². The van der Waals surface area contributed by atoms with Crippen LogP contribution < -0.4 is 4.74 Å². The van der Waals surface area contributed by atoms with Gasteiger partial charge in [0.1, 0.15) is 11.7 Å². The number of halogens is 1. The smallest absolute Gasteiger partial charge is 0.165 e. The maximum atomic E-state index is 14.0. The van der Waals surface area contributed by atoms with Gasteiger partial charge in [0.15, 0.2) is 11.6 Å². The second kappa shape index (κ2) is 5.01. The topological polar surface area (TPSA) is 38.7 Å². The molecule has 112 valence electrons. The molecule has 1 fully saturated rings. The highest BCUT2D eigenvalue weighted by Crippen LogP contribution is 2.40. The van der Waals surface area contributed by atoms with Crippen molar-refractivity contribution in [2.45, 2.75) is 64.4 Å². The van der Waals surface area contributed by atoms with E-state index in [1.165, 1.54) is 6.07 Å². The molecule has 0 spiro atoms. The molecular formula is C16H23FO3. The highest BCUT2D eigenvalue weighted by molar-refractivity contribution is 5.30. The van der Waals surface area contributed by atoms with Crippen molar-refractivity contribution in [2.24, 2.45) is 0 Å². The first kappa shape index (κ1) is 15.3. The summed E-state index contributed by atoms with van der Waals surface area (Å²) in [5.41, 5.74) is -0.194. The average Bonchev–Trinajstić information content (AvgIpc) is 2.49. The summed E-state index contributed by atoms with van der Waals surface area (Å²) in [7, 11) is 0. The van der Waals surface area contributed by atoms with E-state index >= 15 is 0 Å². The molecule has 0 radical (unpaired) electrons. The van der Waals surface area contributed by atoms with Crippen molar-refractivity contribution in [3.63, 3.8) is 0 Å². The first-order chi connectivity index (χ1) is 9.11. The fourth-order valence-corrected chi connectivity index (χ4v) is 2.72. The van der Waals surface area contributed by atoms with Gasteiger partial charge in [0.25, 0.3) is 0 Å². The van der Waals surface area contributed by atoms with Crippen molar-refractivity contribution in [2.75, 3.05) is 0 Å². The van der Waals surface area contributed by atoms with Gasteiger partial charge >= 0.3 is 0 Å². The molecule has 1 aromatic carbocycles. The van der Waals surface area contributed by atoms with Crippen LogP contribution in [0, 0.1) is 5.82 Å². The van der Waals surface area contributed by atoms with Crippen LogP contribution in [0.4, 0.5) is 4.39 Å². The van der Waals surface area contributed by atoms with Gasteiger partial charge in [-0.1, -0.05) is 6.07 Å². The molecule has 2 rings (SSSR count). The Bertz CT molecular complexity index is 494. The van der Waals surface area contributed by atoms with Gasteiger partial charge in [-0.15, -0.1) is 0 Å². The maximum absolute atomic E-state index is 14.0. The van der Waals surface area contributed by atoms with Crippen LogP contribution in [0.25, 0.3) is 0 Å². The molecule has 4 heteroatoms. The Morgan fingerprint density at radius 2 is 2.00 bits per heavy atom. The van der Waals surface area contributed by atoms with Crippen LogP contribution in [0.3, 0.4) is 0 Å². The third-order valence-electron chi connectivity index (χ3n) is 3.70. The standard InChI is InChI=1S/C16H23FO3/c1-10(18)11-6-7-13(12(17)8-11)19-14-9-15(2,3)20-16(14,4)5/h6-8,10,14,18H,9H2,1-5H3. The van der Waals surface area contributed by atoms with Gasteiger partial charge in [-0.25, -0.2) is 4.39 Å². The zero-order chi connectivity index (χ0) is 15.1. The van der Waals surface area contributed by atoms with Crippen LogP contribution in [0.5, 0.6) is 5.75 Å². The molecule has 0 bridgehead atoms. The van der Waals surface area contributed by atoms with E-state index in [-0.39, 0.29) is 17.5 Å². The van der Waals surface area contributed by atoms with Crippen molar-refractivity contribution < 1.29 is 19.0 Å². The fourth-order valence-electron chi connectivity index (χ4n) is 2.72. The molecular weight excluding hydrogens is 259 g/mol. The van der Waals surface area contributed by atoms with E-state index in [9.17, 15) is 9.50 Å². The molecule has 1 heterocycles. The van der Waals surface area contributed by atoms with Gasteiger partial charge in [-0.2, -0.15) is 0 Å². The molecule has 1 aliphatic rings. The summed E-state index contributed by atoms with van der Waals surface area (Å²) in [6.45, 7) is 9.52. The molecule has 0 amide bonds. The first-order valence-corrected chi connectivity index (χ1v) is 6.95. The number of ether oxygens (including phenoxy) is 2. The molecule has 1 aromatic rings. The van der Waals surface area contributed by atoms with E-state index in [1.807, 2.05) is 27.7 Å². The molecule has 0 aliphatic carbocycles. The number of benzene rings is 1. The quantitative estimate of drug-likeness (QED) is 0.920. The molecule has 3 nitrogen and oxygen atoms in total. The van der Waals surface area contributed by atoms with Crippen molar-refractivity contribution >= 4 is 0 Å². The summed E-state index contributed by atoms with van der Waals surface area (Å²) < 4.78 is 25.8. The van der Waals surface area contributed by atoms with Gasteiger partial charge in [-0.05, 0) is 52.3 Å². The highest BCUT2D eigenvalue weighted by Gasteiger charge is 2.47. The lowest BCUT2D eigenvalue weighted by Crippen LogP contribution is -2.36. The summed E-state index contributed by atoms with van der Waals surface area (Å²) >= 11 is 0. The maximum Gasteiger partial charge on any atom is 0.165 e. The molecule has 2 atom stereocenters. The Kier molecular flexibility index (Phi) is 3.82. The number of aliphatic hydroxyl groups excluding tert-OH is 1. The summed E-state index contributed by atoms with van der Waals surface area (Å²) in [4.78, 5) is 0. The molecule has 1 saturated heterocycles. The minimum absolute atomic E-state index is 0.203. The van der Waals surface area contributed by atoms with Crippen LogP contribution in [-0.4, -0.2) is 22.4 Å². The average molecular weight is 282 g/mol. The fraction of sp³-hybridized carbons (Fsp3) is 0.625. The summed E-state index contributed by atoms with van der Waals surface area (Å²) in [5, 5.41) is 9.45. The van der Waals surface area contributed by atoms with Crippen LogP contribution >= 0.6 is 0 Å². The Morgan fingerprint density at radius 3 is 2.45 bits per heavy atom. The van der Waals surface area contributed by atoms with Crippen molar-refractivity contribution in [3.8, 4) is 5.75 Å². The van der Waals surface area contributed by atoms with Crippen molar-refractivity contribution in [1.82, 2.24) is 0 Å². The molecule has 0 saturated carbocycles. The second-order valence-corrected chi connectivity index (χ2v) is 6.64. The molecule has 1 aliphatic heterocycles. The zero-order valence-corrected chi connectivity index (χ0v) is 12.7. The van der Waals surface area contributed by atoms with Gasteiger partial charge in [0.05, 0.1) is 11.7 Å². The van der Waals surface area contributed by atoms with Crippen LogP contribution in [0.15, 0.2) is 18.2 Å². The molecule has 0 aromatic heterocycles. The summed E-state index contributed by atoms with van der Waals surface area (Å²) in [6, 6.07) is 4.56. The molecule has 1 N–H and O–H groups in total. The SMILES string of the molecule is CC(O)c1ccc(OC2CC(C)(C)OC2(C)C)c(F)c1. The summed E-state index contributed by atoms with van der Waals surface area (Å²) in [6.07, 6.45) is -0.189. The molecule has 2 unspecified atom stereocenters. The lowest BCUT2D eigenvalue weighted by Gasteiger charge is -2.27. The van der Waals surface area contributed by atoms with Gasteiger partial charge in [-0.3, -0.25) is 0 Å². The second-order valence-electron chi connectivity index (χ2n) is 6.64. The Hall–Kier alpha value is -1.13. The van der Waals surface area contributed by atoms with Gasteiger partial charge < -0.3 is 14.6 Å². The number of rotatable bonds is 3. The van der Waals surface area contributed by atoms with Crippen molar-refractivity contribution in [1.29, 1.82) is 0 Å². The monoisotopic (exact) mass is 282 g/mol. The van der Waals surface area contributed by atoms with Crippen LogP contribution in [-0.2, 0) is 4.74 Å². The lowest BCUT2D eigenvalue weighted by atomic mass is 9.97. The Labute approximate surface area is 119 Å². The largest absolute Gasteiger partial charge is 0.484 e. The third kappa shape index (κ3) is 3.13. The Morgan fingerprint density at radius 1 is 1.35 bits per heavy atom. The predicted octanol–water partition coefficient (Wildman–Crippen LogP) is 3.60. The van der Waals surface area contributed by atoms with E-state index in [0.29, 0.717) is 12.0 Å². The number of aliphatic hydroxyl groups is 1. The lowest BCUT2D eigenvalue weighted by molar-refractivity contribution is -0.0849. The van der Waals surface area contributed by atoms with Gasteiger partial charge in [0.2, 0.25) is 0 Å². The van der Waals surface area contributed by atoms with Crippen LogP contribution in [0.2, 0.25) is 0 Å². The van der Waals surface area contributed by atoms with Crippen LogP contribution in [0.1, 0.15) is 52.7 Å². The third-order valence-corrected chi connectivity index (χ3v) is 3.70. The van der Waals surface area contributed by atoms with E-state index in [2.05, 4.69) is 0 Å². The van der Waals surface area contributed by atoms with E-state index in [0.717, 1.165) is 0 Å². The normalized spacial score (nSPS) is 25.4. The number of hydrogen-bond acceptors (Lipinski definition) is 3. The van der Waals surface area contributed by atoms with E-state index in [4.69, 9.17) is 9.47 Å². The zero-order valence-electron chi connectivity index (χ0n) is 12.7. The predicted molar refractivity (Wildman–Crippen MR) is 75.3 cm³/mol. The van der Waals surface area contributed by atoms with Gasteiger partial charge in [0, 0.05) is 6.42 Å². The van der Waals surface area contributed by atoms with E-state index in [1.54, 1.807) is 19.1 Å². The molecule has 20 heavy (non-hydrogen) atoms. The highest BCUT2D eigenvalue weighted by atomic mass is 19.1. The minimum Gasteiger partial charge on any atom is -0.484 e. The van der Waals surface area contributed by atoms with Crippen molar-refractivity contribution in [3.05, 3.63) is 29.6 Å². The first-order valence-electron chi connectivity index (χ1n) is 6.95. The summed E-state index contributed by atoms with van der Waals surface area (Å²) in [5.74, 6) is -0.252. The minimum atomic E-state index is -0.691.